The first-order valence-electron chi connectivity index (χ1n) is 7.69. The third-order valence-corrected chi connectivity index (χ3v) is 3.50. The van der Waals surface area contributed by atoms with Crippen LogP contribution >= 0.6 is 0 Å². The summed E-state index contributed by atoms with van der Waals surface area (Å²) in [5.41, 5.74) is 2.44. The predicted octanol–water partition coefficient (Wildman–Crippen LogP) is 1.63. The lowest BCUT2D eigenvalue weighted by Crippen LogP contribution is -2.39. The molecule has 120 valence electrons. The lowest BCUT2D eigenvalue weighted by Gasteiger charge is -2.22. The third-order valence-electron chi connectivity index (χ3n) is 3.50. The molecule has 0 aliphatic rings. The highest BCUT2D eigenvalue weighted by Crippen LogP contribution is 2.04. The molecule has 0 aromatic carbocycles. The molecule has 0 bridgehead atoms. The summed E-state index contributed by atoms with van der Waals surface area (Å²) in [6, 6.07) is 4.19. The molecular formula is C16H26N6. The van der Waals surface area contributed by atoms with Crippen molar-refractivity contribution in [1.82, 2.24) is 24.6 Å². The van der Waals surface area contributed by atoms with Crippen LogP contribution in [0.2, 0.25) is 0 Å². The van der Waals surface area contributed by atoms with Crippen LogP contribution in [0.3, 0.4) is 0 Å². The van der Waals surface area contributed by atoms with Crippen molar-refractivity contribution in [2.75, 3.05) is 20.1 Å². The topological polar surface area (TPSA) is 50.4 Å². The van der Waals surface area contributed by atoms with Gasteiger partial charge in [0.05, 0.1) is 25.8 Å². The predicted molar refractivity (Wildman–Crippen MR) is 89.8 cm³/mol. The van der Waals surface area contributed by atoms with Gasteiger partial charge in [0.2, 0.25) is 0 Å². The van der Waals surface area contributed by atoms with Crippen molar-refractivity contribution in [3.63, 3.8) is 0 Å². The summed E-state index contributed by atoms with van der Waals surface area (Å²) in [6.45, 7) is 7.32. The summed E-state index contributed by atoms with van der Waals surface area (Å²) in [7, 11) is 4.12. The first kappa shape index (κ1) is 16.1. The number of aliphatic imine (C=N–C) groups is 1. The Labute approximate surface area is 132 Å². The Morgan fingerprint density at radius 3 is 2.86 bits per heavy atom. The molecule has 0 saturated carbocycles. The van der Waals surface area contributed by atoms with Crippen molar-refractivity contribution in [1.29, 1.82) is 0 Å². The Balaban J connectivity index is 1.95. The number of nitrogens with zero attached hydrogens (tertiary/aromatic N) is 5. The van der Waals surface area contributed by atoms with Crippen LogP contribution in [0.15, 0.2) is 35.7 Å². The molecule has 6 nitrogen and oxygen atoms in total. The Morgan fingerprint density at radius 1 is 1.45 bits per heavy atom. The van der Waals surface area contributed by atoms with Gasteiger partial charge in [-0.2, -0.15) is 5.10 Å². The molecule has 0 fully saturated rings. The van der Waals surface area contributed by atoms with Crippen molar-refractivity contribution < 1.29 is 0 Å². The van der Waals surface area contributed by atoms with Gasteiger partial charge in [-0.15, -0.1) is 0 Å². The second kappa shape index (κ2) is 7.68. The summed E-state index contributed by atoms with van der Waals surface area (Å²) in [6.07, 6.45) is 5.97. The molecule has 2 rings (SSSR count). The van der Waals surface area contributed by atoms with Gasteiger partial charge in [0, 0.05) is 38.7 Å². The molecule has 2 aromatic rings. The largest absolute Gasteiger partial charge is 0.357 e. The number of guanidine groups is 1. The van der Waals surface area contributed by atoms with E-state index < -0.39 is 0 Å². The van der Waals surface area contributed by atoms with E-state index in [1.807, 2.05) is 24.0 Å². The monoisotopic (exact) mass is 302 g/mol. The zero-order valence-corrected chi connectivity index (χ0v) is 14.0. The van der Waals surface area contributed by atoms with Gasteiger partial charge in [-0.25, -0.2) is 0 Å². The Morgan fingerprint density at radius 2 is 2.27 bits per heavy atom. The van der Waals surface area contributed by atoms with E-state index in [0.717, 1.165) is 25.6 Å². The molecule has 0 aliphatic heterocycles. The SMILES string of the molecule is CCNC(=NCCn1cc(C)cn1)N(C)Cc1cccn1C. The number of rotatable bonds is 6. The zero-order valence-electron chi connectivity index (χ0n) is 14.0. The molecule has 0 spiro atoms. The van der Waals surface area contributed by atoms with Gasteiger partial charge in [-0.3, -0.25) is 9.67 Å². The minimum absolute atomic E-state index is 0.709. The van der Waals surface area contributed by atoms with E-state index in [4.69, 9.17) is 0 Å². The van der Waals surface area contributed by atoms with Crippen LogP contribution in [0.4, 0.5) is 0 Å². The number of nitrogens with one attached hydrogen (secondary N) is 1. The van der Waals surface area contributed by atoms with Crippen LogP contribution in [0, 0.1) is 6.92 Å². The first-order valence-corrected chi connectivity index (χ1v) is 7.69. The minimum atomic E-state index is 0.709. The van der Waals surface area contributed by atoms with Gasteiger partial charge in [0.15, 0.2) is 5.96 Å². The van der Waals surface area contributed by atoms with Crippen molar-refractivity contribution in [3.05, 3.63) is 42.0 Å². The highest BCUT2D eigenvalue weighted by molar-refractivity contribution is 5.79. The standard InChI is InChI=1S/C16H26N6/c1-5-17-16(18-8-10-22-12-14(2)11-19-22)21(4)13-15-7-6-9-20(15)3/h6-7,9,11-12H,5,8,10,13H2,1-4H3,(H,17,18). The smallest absolute Gasteiger partial charge is 0.194 e. The fourth-order valence-electron chi connectivity index (χ4n) is 2.30. The van der Waals surface area contributed by atoms with E-state index in [9.17, 15) is 0 Å². The molecule has 2 aromatic heterocycles. The van der Waals surface area contributed by atoms with Crippen LogP contribution in [-0.2, 0) is 20.1 Å². The normalized spacial score (nSPS) is 11.7. The lowest BCUT2D eigenvalue weighted by atomic mass is 10.4. The summed E-state index contributed by atoms with van der Waals surface area (Å²) in [4.78, 5) is 6.84. The Kier molecular flexibility index (Phi) is 5.63. The average molecular weight is 302 g/mol. The molecule has 0 saturated heterocycles. The average Bonchev–Trinajstić information content (AvgIpc) is 3.07. The van der Waals surface area contributed by atoms with Gasteiger partial charge >= 0.3 is 0 Å². The van der Waals surface area contributed by atoms with Crippen LogP contribution in [0.1, 0.15) is 18.2 Å². The quantitative estimate of drug-likeness (QED) is 0.652. The van der Waals surface area contributed by atoms with Crippen molar-refractivity contribution in [2.45, 2.75) is 26.9 Å². The first-order chi connectivity index (χ1) is 10.6. The van der Waals surface area contributed by atoms with E-state index in [1.54, 1.807) is 0 Å². The number of hydrogen-bond donors (Lipinski definition) is 1. The van der Waals surface area contributed by atoms with Crippen molar-refractivity contribution in [2.24, 2.45) is 12.0 Å². The zero-order chi connectivity index (χ0) is 15.9. The second-order valence-corrected chi connectivity index (χ2v) is 5.48. The van der Waals surface area contributed by atoms with Crippen LogP contribution in [0.25, 0.3) is 0 Å². The Bertz CT molecular complexity index is 610. The van der Waals surface area contributed by atoms with E-state index in [-0.39, 0.29) is 0 Å². The fourth-order valence-corrected chi connectivity index (χ4v) is 2.30. The maximum atomic E-state index is 4.69. The fraction of sp³-hybridized carbons (Fsp3) is 0.500. The second-order valence-electron chi connectivity index (χ2n) is 5.48. The number of aryl methyl sites for hydroxylation is 2. The molecule has 1 N–H and O–H groups in total. The molecule has 0 atom stereocenters. The van der Waals surface area contributed by atoms with E-state index in [2.05, 4.69) is 64.2 Å². The summed E-state index contributed by atoms with van der Waals surface area (Å²) < 4.78 is 4.06. The van der Waals surface area contributed by atoms with Crippen LogP contribution in [-0.4, -0.2) is 45.3 Å². The van der Waals surface area contributed by atoms with E-state index in [0.29, 0.717) is 6.54 Å². The van der Waals surface area contributed by atoms with Gasteiger partial charge in [0.1, 0.15) is 0 Å². The van der Waals surface area contributed by atoms with Gasteiger partial charge in [-0.1, -0.05) is 0 Å². The third kappa shape index (κ3) is 4.38. The summed E-state index contributed by atoms with van der Waals surface area (Å²) >= 11 is 0. The molecule has 0 radical (unpaired) electrons. The van der Waals surface area contributed by atoms with Gasteiger partial charge in [-0.05, 0) is 31.5 Å². The van der Waals surface area contributed by atoms with E-state index >= 15 is 0 Å². The molecule has 2 heterocycles. The molecule has 22 heavy (non-hydrogen) atoms. The summed E-state index contributed by atoms with van der Waals surface area (Å²) in [5, 5.41) is 7.63. The highest BCUT2D eigenvalue weighted by atomic mass is 15.3. The van der Waals surface area contributed by atoms with Crippen molar-refractivity contribution >= 4 is 5.96 Å². The van der Waals surface area contributed by atoms with Crippen LogP contribution < -0.4 is 5.32 Å². The molecule has 0 amide bonds. The number of hydrogen-bond acceptors (Lipinski definition) is 2. The van der Waals surface area contributed by atoms with E-state index in [1.165, 1.54) is 11.3 Å². The maximum absolute atomic E-state index is 4.69. The molecule has 0 unspecified atom stereocenters. The molecule has 0 aliphatic carbocycles. The maximum Gasteiger partial charge on any atom is 0.194 e. The van der Waals surface area contributed by atoms with Crippen molar-refractivity contribution in [3.8, 4) is 0 Å². The lowest BCUT2D eigenvalue weighted by molar-refractivity contribution is 0.460. The van der Waals surface area contributed by atoms with Crippen LogP contribution in [0.5, 0.6) is 0 Å². The van der Waals surface area contributed by atoms with Gasteiger partial charge in [0.25, 0.3) is 0 Å². The minimum Gasteiger partial charge on any atom is -0.357 e. The molecule has 6 heteroatoms. The Hall–Kier alpha value is -2.24. The molecular weight excluding hydrogens is 276 g/mol. The summed E-state index contributed by atoms with van der Waals surface area (Å²) in [5.74, 6) is 0.924. The number of aromatic nitrogens is 3. The highest BCUT2D eigenvalue weighted by Gasteiger charge is 2.08. The van der Waals surface area contributed by atoms with Gasteiger partial charge < -0.3 is 14.8 Å².